The van der Waals surface area contributed by atoms with Crippen LogP contribution in [-0.2, 0) is 9.59 Å². The third-order valence-electron chi connectivity index (χ3n) is 4.92. The number of carbonyl (C=O) groups excluding carboxylic acids is 2. The number of nitrogens with one attached hydrogen (secondary N) is 1. The van der Waals surface area contributed by atoms with Crippen LogP contribution in [-0.4, -0.2) is 48.2 Å². The van der Waals surface area contributed by atoms with E-state index in [-0.39, 0.29) is 17.7 Å². The average Bonchev–Trinajstić information content (AvgIpc) is 3.12. The number of piperidine rings is 2. The third kappa shape index (κ3) is 4.48. The largest absolute Gasteiger partial charge is 0.356 e. The van der Waals surface area contributed by atoms with Crippen LogP contribution in [0.25, 0.3) is 0 Å². The fraction of sp³-hybridized carbons (Fsp3) is 0.765. The van der Waals surface area contributed by atoms with Crippen molar-refractivity contribution in [2.24, 2.45) is 5.92 Å². The zero-order chi connectivity index (χ0) is 17.6. The van der Waals surface area contributed by atoms with E-state index in [1.54, 1.807) is 4.90 Å². The fourth-order valence-electron chi connectivity index (χ4n) is 3.32. The van der Waals surface area contributed by atoms with E-state index in [2.05, 4.69) is 27.3 Å². The lowest BCUT2D eigenvalue weighted by molar-refractivity contribution is -0.125. The summed E-state index contributed by atoms with van der Waals surface area (Å²) in [5.74, 6) is 0.436. The van der Waals surface area contributed by atoms with E-state index in [0.717, 1.165) is 69.8 Å². The Labute approximate surface area is 152 Å². The predicted octanol–water partition coefficient (Wildman–Crippen LogP) is 2.19. The quantitative estimate of drug-likeness (QED) is 0.782. The van der Waals surface area contributed by atoms with Crippen molar-refractivity contribution in [3.8, 4) is 0 Å². The molecule has 2 aliphatic heterocycles. The number of hydrogen-bond acceptors (Lipinski definition) is 6. The summed E-state index contributed by atoms with van der Waals surface area (Å²) in [7, 11) is 0. The summed E-state index contributed by atoms with van der Waals surface area (Å²) in [6.07, 6.45) is 6.41. The van der Waals surface area contributed by atoms with Gasteiger partial charge in [-0.05, 0) is 32.1 Å². The van der Waals surface area contributed by atoms with Crippen molar-refractivity contribution in [2.45, 2.75) is 51.9 Å². The Morgan fingerprint density at radius 1 is 1.20 bits per heavy atom. The number of rotatable bonds is 6. The predicted molar refractivity (Wildman–Crippen MR) is 99.0 cm³/mol. The highest BCUT2D eigenvalue weighted by atomic mass is 32.1. The number of aromatic nitrogens is 2. The molecule has 1 N–H and O–H groups in total. The van der Waals surface area contributed by atoms with Gasteiger partial charge in [0.05, 0.1) is 0 Å². The minimum absolute atomic E-state index is 0.101. The van der Waals surface area contributed by atoms with Gasteiger partial charge in [0.1, 0.15) is 0 Å². The molecule has 0 aromatic carbocycles. The minimum Gasteiger partial charge on any atom is -0.356 e. The monoisotopic (exact) mass is 365 g/mol. The van der Waals surface area contributed by atoms with Crippen molar-refractivity contribution in [3.63, 3.8) is 0 Å². The Bertz CT molecular complexity index is 598. The topological polar surface area (TPSA) is 78.4 Å². The molecular formula is C17H27N5O2S. The third-order valence-corrected chi connectivity index (χ3v) is 5.93. The number of carbonyl (C=O) groups is 2. The Morgan fingerprint density at radius 2 is 1.96 bits per heavy atom. The molecule has 1 aromatic heterocycles. The molecular weight excluding hydrogens is 338 g/mol. The fourth-order valence-corrected chi connectivity index (χ4v) is 4.26. The highest BCUT2D eigenvalue weighted by Gasteiger charge is 2.28. The molecule has 3 heterocycles. The summed E-state index contributed by atoms with van der Waals surface area (Å²) in [5, 5.41) is 13.1. The minimum atomic E-state index is 0.101. The van der Waals surface area contributed by atoms with E-state index in [0.29, 0.717) is 11.6 Å². The molecule has 2 aliphatic rings. The van der Waals surface area contributed by atoms with Crippen LogP contribution in [0.2, 0.25) is 0 Å². The second-order valence-electron chi connectivity index (χ2n) is 6.78. The van der Waals surface area contributed by atoms with Crippen molar-refractivity contribution in [3.05, 3.63) is 0 Å². The van der Waals surface area contributed by atoms with Crippen LogP contribution in [0.5, 0.6) is 0 Å². The molecule has 0 atom stereocenters. The lowest BCUT2D eigenvalue weighted by Gasteiger charge is -2.30. The van der Waals surface area contributed by atoms with E-state index in [9.17, 15) is 9.59 Å². The summed E-state index contributed by atoms with van der Waals surface area (Å²) in [5.41, 5.74) is 0. The molecule has 0 spiro atoms. The molecule has 2 saturated heterocycles. The number of hydrogen-bond donors (Lipinski definition) is 1. The molecule has 25 heavy (non-hydrogen) atoms. The summed E-state index contributed by atoms with van der Waals surface area (Å²) in [6, 6.07) is 0. The summed E-state index contributed by atoms with van der Waals surface area (Å²) in [6.45, 7) is 5.27. The van der Waals surface area contributed by atoms with Crippen LogP contribution in [0.3, 0.4) is 0 Å². The van der Waals surface area contributed by atoms with Gasteiger partial charge in [-0.25, -0.2) is 0 Å². The highest BCUT2D eigenvalue weighted by molar-refractivity contribution is 7.19. The Kier molecular flexibility index (Phi) is 6.23. The van der Waals surface area contributed by atoms with Crippen LogP contribution < -0.4 is 15.1 Å². The molecule has 0 aliphatic carbocycles. The average molecular weight is 366 g/mol. The van der Waals surface area contributed by atoms with Crippen LogP contribution in [0.1, 0.15) is 51.9 Å². The smallest absolute Gasteiger partial charge is 0.228 e. The molecule has 2 fully saturated rings. The van der Waals surface area contributed by atoms with Crippen molar-refractivity contribution >= 4 is 33.4 Å². The zero-order valence-electron chi connectivity index (χ0n) is 14.9. The van der Waals surface area contributed by atoms with Crippen LogP contribution in [0.15, 0.2) is 0 Å². The van der Waals surface area contributed by atoms with Gasteiger partial charge < -0.3 is 10.2 Å². The molecule has 2 amide bonds. The SMILES string of the molecule is CCCCNC(=O)C1CCN(c2nnc(N3CCCCC3=O)s2)CC1. The van der Waals surface area contributed by atoms with E-state index >= 15 is 0 Å². The van der Waals surface area contributed by atoms with E-state index in [1.807, 2.05) is 0 Å². The van der Waals surface area contributed by atoms with E-state index < -0.39 is 0 Å². The highest BCUT2D eigenvalue weighted by Crippen LogP contribution is 2.31. The van der Waals surface area contributed by atoms with Crippen molar-refractivity contribution in [1.82, 2.24) is 15.5 Å². The lowest BCUT2D eigenvalue weighted by atomic mass is 9.96. The molecule has 8 heteroatoms. The maximum absolute atomic E-state index is 12.2. The molecule has 0 saturated carbocycles. The molecule has 138 valence electrons. The zero-order valence-corrected chi connectivity index (χ0v) is 15.7. The maximum atomic E-state index is 12.2. The van der Waals surface area contributed by atoms with Gasteiger partial charge in [-0.15, -0.1) is 10.2 Å². The number of nitrogens with zero attached hydrogens (tertiary/aromatic N) is 4. The normalized spacial score (nSPS) is 19.3. The van der Waals surface area contributed by atoms with Gasteiger partial charge >= 0.3 is 0 Å². The first kappa shape index (κ1) is 18.1. The molecule has 0 radical (unpaired) electrons. The molecule has 0 bridgehead atoms. The van der Waals surface area contributed by atoms with Gasteiger partial charge in [0.15, 0.2) is 0 Å². The Morgan fingerprint density at radius 3 is 2.68 bits per heavy atom. The molecule has 3 rings (SSSR count). The van der Waals surface area contributed by atoms with Crippen LogP contribution >= 0.6 is 11.3 Å². The number of unbranched alkanes of at least 4 members (excludes halogenated alkanes) is 1. The van der Waals surface area contributed by atoms with Crippen LogP contribution in [0.4, 0.5) is 10.3 Å². The molecule has 1 aromatic rings. The van der Waals surface area contributed by atoms with Gasteiger partial charge in [-0.3, -0.25) is 14.5 Å². The van der Waals surface area contributed by atoms with Gasteiger partial charge in [0.2, 0.25) is 22.1 Å². The summed E-state index contributed by atoms with van der Waals surface area (Å²) >= 11 is 1.48. The molecule has 7 nitrogen and oxygen atoms in total. The van der Waals surface area contributed by atoms with E-state index in [4.69, 9.17) is 0 Å². The van der Waals surface area contributed by atoms with E-state index in [1.165, 1.54) is 11.3 Å². The summed E-state index contributed by atoms with van der Waals surface area (Å²) < 4.78 is 0. The van der Waals surface area contributed by atoms with Crippen molar-refractivity contribution < 1.29 is 9.59 Å². The first-order chi connectivity index (χ1) is 12.2. The summed E-state index contributed by atoms with van der Waals surface area (Å²) in [4.78, 5) is 28.1. The second kappa shape index (κ2) is 8.60. The van der Waals surface area contributed by atoms with Crippen LogP contribution in [0, 0.1) is 5.92 Å². The van der Waals surface area contributed by atoms with Gasteiger partial charge in [-0.1, -0.05) is 24.7 Å². The Hall–Kier alpha value is -1.70. The first-order valence-corrected chi connectivity index (χ1v) is 10.2. The first-order valence-electron chi connectivity index (χ1n) is 9.35. The number of anilines is 2. The van der Waals surface area contributed by atoms with Crippen molar-refractivity contribution in [1.29, 1.82) is 0 Å². The maximum Gasteiger partial charge on any atom is 0.228 e. The van der Waals surface area contributed by atoms with Gasteiger partial charge in [0, 0.05) is 38.5 Å². The van der Waals surface area contributed by atoms with Gasteiger partial charge in [0.25, 0.3) is 0 Å². The van der Waals surface area contributed by atoms with Gasteiger partial charge in [-0.2, -0.15) is 0 Å². The standard InChI is InChI=1S/C17H27N5O2S/c1-2-3-9-18-15(24)13-7-11-21(12-8-13)16-19-20-17(25-16)22-10-5-4-6-14(22)23/h13H,2-12H2,1H3,(H,18,24). The Balaban J connectivity index is 1.51. The molecule has 0 unspecified atom stereocenters. The lowest BCUT2D eigenvalue weighted by Crippen LogP contribution is -2.40. The second-order valence-corrected chi connectivity index (χ2v) is 7.71. The number of amides is 2. The van der Waals surface area contributed by atoms with Crippen molar-refractivity contribution in [2.75, 3.05) is 36.0 Å².